The van der Waals surface area contributed by atoms with E-state index in [2.05, 4.69) is 29.3 Å². The Hall–Kier alpha value is -1.35. The Kier molecular flexibility index (Phi) is 5.57. The van der Waals surface area contributed by atoms with Gasteiger partial charge in [-0.1, -0.05) is 32.0 Å². The zero-order chi connectivity index (χ0) is 11.8. The van der Waals surface area contributed by atoms with Gasteiger partial charge in [0.25, 0.3) is 0 Å². The van der Waals surface area contributed by atoms with Crippen LogP contribution in [-0.2, 0) is 0 Å². The molecule has 0 atom stereocenters. The first kappa shape index (κ1) is 12.7. The molecule has 88 valence electrons. The summed E-state index contributed by atoms with van der Waals surface area (Å²) in [6.07, 6.45) is 0. The highest BCUT2D eigenvalue weighted by atomic mass is 15.3. The van der Waals surface area contributed by atoms with Crippen LogP contribution in [0.15, 0.2) is 35.4 Å². The summed E-state index contributed by atoms with van der Waals surface area (Å²) in [5.41, 5.74) is 5.19. The molecule has 1 aromatic rings. The predicted molar refractivity (Wildman–Crippen MR) is 71.0 cm³/mol. The molecule has 1 N–H and O–H groups in total. The first-order valence-electron chi connectivity index (χ1n) is 5.82. The second kappa shape index (κ2) is 7.01. The van der Waals surface area contributed by atoms with Crippen molar-refractivity contribution >= 4 is 11.4 Å². The molecule has 0 fully saturated rings. The van der Waals surface area contributed by atoms with E-state index in [1.54, 1.807) is 0 Å². The van der Waals surface area contributed by atoms with Gasteiger partial charge in [-0.25, -0.2) is 0 Å². The lowest BCUT2D eigenvalue weighted by Gasteiger charge is -2.17. The van der Waals surface area contributed by atoms with Gasteiger partial charge >= 0.3 is 0 Å². The number of hydrogen-bond donors (Lipinski definition) is 1. The fourth-order valence-corrected chi connectivity index (χ4v) is 1.48. The predicted octanol–water partition coefficient (Wildman–Crippen LogP) is 2.82. The van der Waals surface area contributed by atoms with Gasteiger partial charge in [0, 0.05) is 12.3 Å². The van der Waals surface area contributed by atoms with Crippen molar-refractivity contribution in [2.24, 2.45) is 5.10 Å². The largest absolute Gasteiger partial charge is 0.298 e. The zero-order valence-electron chi connectivity index (χ0n) is 10.4. The van der Waals surface area contributed by atoms with E-state index in [0.29, 0.717) is 0 Å². The molecular weight excluding hydrogens is 198 g/mol. The standard InChI is InChI=1S/C13H21N3/c1-4-16(5-2)11-12(3)14-15-13-9-7-6-8-10-13/h6-10,15H,4-5,11H2,1-3H3/b14-12-. The Morgan fingerprint density at radius 2 is 1.81 bits per heavy atom. The van der Waals surface area contributed by atoms with Crippen molar-refractivity contribution in [1.82, 2.24) is 4.90 Å². The lowest BCUT2D eigenvalue weighted by Crippen LogP contribution is -2.28. The SMILES string of the molecule is CCN(CC)C/C(C)=N\Nc1ccccc1. The summed E-state index contributed by atoms with van der Waals surface area (Å²) >= 11 is 0. The number of nitrogens with zero attached hydrogens (tertiary/aromatic N) is 2. The molecule has 0 spiro atoms. The molecule has 0 saturated carbocycles. The van der Waals surface area contributed by atoms with Gasteiger partial charge < -0.3 is 0 Å². The van der Waals surface area contributed by atoms with Crippen LogP contribution in [0.4, 0.5) is 5.69 Å². The van der Waals surface area contributed by atoms with Gasteiger partial charge in [0.15, 0.2) is 0 Å². The third-order valence-electron chi connectivity index (χ3n) is 2.50. The summed E-state index contributed by atoms with van der Waals surface area (Å²) < 4.78 is 0. The lowest BCUT2D eigenvalue weighted by atomic mass is 10.3. The van der Waals surface area contributed by atoms with Crippen molar-refractivity contribution in [1.29, 1.82) is 0 Å². The van der Waals surface area contributed by atoms with Crippen LogP contribution < -0.4 is 5.43 Å². The molecule has 0 saturated heterocycles. The van der Waals surface area contributed by atoms with Crippen LogP contribution in [0.25, 0.3) is 0 Å². The van der Waals surface area contributed by atoms with Crippen LogP contribution in [-0.4, -0.2) is 30.2 Å². The molecule has 0 aliphatic carbocycles. The van der Waals surface area contributed by atoms with Gasteiger partial charge in [0.2, 0.25) is 0 Å². The summed E-state index contributed by atoms with van der Waals surface area (Å²) in [7, 11) is 0. The smallest absolute Gasteiger partial charge is 0.0561 e. The Morgan fingerprint density at radius 3 is 2.38 bits per heavy atom. The van der Waals surface area contributed by atoms with E-state index in [0.717, 1.165) is 31.0 Å². The van der Waals surface area contributed by atoms with Gasteiger partial charge in [0.05, 0.1) is 5.69 Å². The Morgan fingerprint density at radius 1 is 1.19 bits per heavy atom. The van der Waals surface area contributed by atoms with Gasteiger partial charge in [0.1, 0.15) is 0 Å². The summed E-state index contributed by atoms with van der Waals surface area (Å²) in [6, 6.07) is 10.0. The number of hydrazone groups is 1. The molecule has 0 aromatic heterocycles. The normalized spacial score (nSPS) is 11.9. The molecule has 3 nitrogen and oxygen atoms in total. The molecule has 3 heteroatoms. The van der Waals surface area contributed by atoms with Crippen LogP contribution in [0.3, 0.4) is 0 Å². The highest BCUT2D eigenvalue weighted by Crippen LogP contribution is 2.04. The molecule has 1 aromatic carbocycles. The van der Waals surface area contributed by atoms with Crippen LogP contribution in [0, 0.1) is 0 Å². The quantitative estimate of drug-likeness (QED) is 0.588. The Labute approximate surface area is 98.2 Å². The molecule has 0 aliphatic rings. The van der Waals surface area contributed by atoms with Gasteiger partial charge in [-0.2, -0.15) is 5.10 Å². The van der Waals surface area contributed by atoms with Gasteiger partial charge in [-0.05, 0) is 32.1 Å². The monoisotopic (exact) mass is 219 g/mol. The van der Waals surface area contributed by atoms with Crippen molar-refractivity contribution in [2.75, 3.05) is 25.1 Å². The maximum atomic E-state index is 4.36. The molecule has 0 radical (unpaired) electrons. The Balaban J connectivity index is 2.45. The number of nitrogens with one attached hydrogen (secondary N) is 1. The highest BCUT2D eigenvalue weighted by molar-refractivity contribution is 5.84. The third-order valence-corrected chi connectivity index (χ3v) is 2.50. The maximum Gasteiger partial charge on any atom is 0.0561 e. The minimum Gasteiger partial charge on any atom is -0.298 e. The van der Waals surface area contributed by atoms with Crippen molar-refractivity contribution in [3.05, 3.63) is 30.3 Å². The van der Waals surface area contributed by atoms with E-state index in [4.69, 9.17) is 0 Å². The van der Waals surface area contributed by atoms with E-state index in [-0.39, 0.29) is 0 Å². The second-order valence-corrected chi connectivity index (χ2v) is 3.79. The Bertz CT molecular complexity index is 315. The number of rotatable bonds is 6. The van der Waals surface area contributed by atoms with E-state index in [1.165, 1.54) is 0 Å². The second-order valence-electron chi connectivity index (χ2n) is 3.79. The van der Waals surface area contributed by atoms with E-state index >= 15 is 0 Å². The molecule has 1 rings (SSSR count). The minimum atomic E-state index is 0.923. The van der Waals surface area contributed by atoms with Crippen LogP contribution in [0.1, 0.15) is 20.8 Å². The number of para-hydroxylation sites is 1. The van der Waals surface area contributed by atoms with Crippen molar-refractivity contribution in [3.63, 3.8) is 0 Å². The average molecular weight is 219 g/mol. The molecule has 0 heterocycles. The summed E-state index contributed by atoms with van der Waals surface area (Å²) in [5, 5.41) is 4.36. The number of hydrogen-bond acceptors (Lipinski definition) is 3. The number of anilines is 1. The van der Waals surface area contributed by atoms with Gasteiger partial charge in [-0.3, -0.25) is 10.3 Å². The van der Waals surface area contributed by atoms with E-state index in [1.807, 2.05) is 37.3 Å². The molecule has 0 amide bonds. The van der Waals surface area contributed by atoms with Crippen molar-refractivity contribution in [3.8, 4) is 0 Å². The molecule has 16 heavy (non-hydrogen) atoms. The summed E-state index contributed by atoms with van der Waals surface area (Å²) in [5.74, 6) is 0. The molecule has 0 unspecified atom stereocenters. The highest BCUT2D eigenvalue weighted by Gasteiger charge is 2.00. The fourth-order valence-electron chi connectivity index (χ4n) is 1.48. The molecule has 0 aliphatic heterocycles. The summed E-state index contributed by atoms with van der Waals surface area (Å²) in [4.78, 5) is 2.34. The van der Waals surface area contributed by atoms with Crippen LogP contribution in [0.2, 0.25) is 0 Å². The van der Waals surface area contributed by atoms with Crippen molar-refractivity contribution in [2.45, 2.75) is 20.8 Å². The summed E-state index contributed by atoms with van der Waals surface area (Å²) in [6.45, 7) is 9.44. The topological polar surface area (TPSA) is 27.6 Å². The first-order chi connectivity index (χ1) is 7.76. The fraction of sp³-hybridized carbons (Fsp3) is 0.462. The van der Waals surface area contributed by atoms with Crippen LogP contribution >= 0.6 is 0 Å². The molecule has 0 bridgehead atoms. The lowest BCUT2D eigenvalue weighted by molar-refractivity contribution is 0.346. The van der Waals surface area contributed by atoms with E-state index in [9.17, 15) is 0 Å². The third kappa shape index (κ3) is 4.45. The molecular formula is C13H21N3. The maximum absolute atomic E-state index is 4.36. The minimum absolute atomic E-state index is 0.923. The first-order valence-corrected chi connectivity index (χ1v) is 5.82. The van der Waals surface area contributed by atoms with Crippen molar-refractivity contribution < 1.29 is 0 Å². The average Bonchev–Trinajstić information content (AvgIpc) is 2.34. The van der Waals surface area contributed by atoms with E-state index < -0.39 is 0 Å². The number of benzene rings is 1. The zero-order valence-corrected chi connectivity index (χ0v) is 10.4. The van der Waals surface area contributed by atoms with Gasteiger partial charge in [-0.15, -0.1) is 0 Å². The van der Waals surface area contributed by atoms with Crippen LogP contribution in [0.5, 0.6) is 0 Å².